The lowest BCUT2D eigenvalue weighted by molar-refractivity contribution is 0.0186. The lowest BCUT2D eigenvalue weighted by Crippen LogP contribution is -2.45. The van der Waals surface area contributed by atoms with E-state index in [9.17, 15) is 0 Å². The van der Waals surface area contributed by atoms with Gasteiger partial charge in [-0.2, -0.15) is 0 Å². The Morgan fingerprint density at radius 2 is 2.25 bits per heavy atom. The Hall–Kier alpha value is -1.15. The van der Waals surface area contributed by atoms with Gasteiger partial charge in [-0.3, -0.25) is 9.89 Å². The number of ether oxygens (including phenoxy) is 2. The molecule has 2 N–H and O–H groups in total. The Balaban J connectivity index is 2.05. The maximum absolute atomic E-state index is 5.50. The molecular weight excluding hydrogens is 324 g/mol. The van der Waals surface area contributed by atoms with Gasteiger partial charge in [0, 0.05) is 37.7 Å². The van der Waals surface area contributed by atoms with Crippen molar-refractivity contribution in [3.8, 4) is 0 Å². The number of rotatable bonds is 8. The number of hydrogen-bond acceptors (Lipinski definition) is 5. The largest absolute Gasteiger partial charge is 0.383 e. The minimum absolute atomic E-state index is 0.219. The zero-order valence-corrected chi connectivity index (χ0v) is 15.8. The summed E-state index contributed by atoms with van der Waals surface area (Å²) in [7, 11) is 1.72. The van der Waals surface area contributed by atoms with Gasteiger partial charge in [0.2, 0.25) is 0 Å². The summed E-state index contributed by atoms with van der Waals surface area (Å²) in [4.78, 5) is 8.67. The number of thiophene rings is 1. The van der Waals surface area contributed by atoms with Crippen molar-refractivity contribution in [2.75, 3.05) is 53.1 Å². The Morgan fingerprint density at radius 3 is 2.88 bits per heavy atom. The highest BCUT2D eigenvalue weighted by Crippen LogP contribution is 2.26. The second kappa shape index (κ2) is 10.7. The van der Waals surface area contributed by atoms with Crippen LogP contribution in [0.1, 0.15) is 24.8 Å². The van der Waals surface area contributed by atoms with Crippen LogP contribution in [0.2, 0.25) is 0 Å². The Labute approximate surface area is 149 Å². The van der Waals surface area contributed by atoms with E-state index >= 15 is 0 Å². The third kappa shape index (κ3) is 6.05. The van der Waals surface area contributed by atoms with E-state index in [0.29, 0.717) is 12.6 Å². The zero-order chi connectivity index (χ0) is 17.2. The van der Waals surface area contributed by atoms with E-state index in [-0.39, 0.29) is 6.04 Å². The molecule has 7 heteroatoms. The fourth-order valence-corrected chi connectivity index (χ4v) is 3.63. The van der Waals surface area contributed by atoms with Crippen molar-refractivity contribution in [2.45, 2.75) is 25.9 Å². The maximum atomic E-state index is 5.50. The molecule has 0 aromatic carbocycles. The summed E-state index contributed by atoms with van der Waals surface area (Å²) >= 11 is 1.80. The van der Waals surface area contributed by atoms with Crippen molar-refractivity contribution >= 4 is 17.3 Å². The summed E-state index contributed by atoms with van der Waals surface area (Å²) in [6, 6.07) is 4.84. The molecule has 1 aromatic rings. The summed E-state index contributed by atoms with van der Waals surface area (Å²) in [5.74, 6) is 0.844. The minimum Gasteiger partial charge on any atom is -0.383 e. The lowest BCUT2D eigenvalue weighted by atomic mass is 10.2. The van der Waals surface area contributed by atoms with Crippen molar-refractivity contribution in [1.29, 1.82) is 0 Å². The summed E-state index contributed by atoms with van der Waals surface area (Å²) in [5.41, 5.74) is 0. The molecule has 0 aliphatic carbocycles. The van der Waals surface area contributed by atoms with E-state index in [0.717, 1.165) is 45.4 Å². The highest BCUT2D eigenvalue weighted by Gasteiger charge is 2.23. The summed E-state index contributed by atoms with van der Waals surface area (Å²) in [6.07, 6.45) is 0. The first-order chi connectivity index (χ1) is 11.7. The first kappa shape index (κ1) is 19.2. The van der Waals surface area contributed by atoms with Gasteiger partial charge in [-0.25, -0.2) is 0 Å². The molecule has 2 heterocycles. The number of guanidine groups is 1. The SMILES string of the molecule is CCNC(=NCC(c1cccs1)N1CCOCC1)NC(C)COC. The number of methoxy groups -OCH3 is 1. The number of hydrogen-bond donors (Lipinski definition) is 2. The summed E-state index contributed by atoms with van der Waals surface area (Å²) in [5, 5.41) is 8.85. The van der Waals surface area contributed by atoms with Crippen LogP contribution in [-0.2, 0) is 9.47 Å². The van der Waals surface area contributed by atoms with Crippen molar-refractivity contribution in [1.82, 2.24) is 15.5 Å². The van der Waals surface area contributed by atoms with Crippen LogP contribution in [0.15, 0.2) is 22.5 Å². The molecule has 2 rings (SSSR count). The molecule has 1 fully saturated rings. The van der Waals surface area contributed by atoms with Gasteiger partial charge in [0.1, 0.15) is 0 Å². The highest BCUT2D eigenvalue weighted by molar-refractivity contribution is 7.10. The molecule has 1 aromatic heterocycles. The Bertz CT molecular complexity index is 475. The predicted molar refractivity (Wildman–Crippen MR) is 99.9 cm³/mol. The van der Waals surface area contributed by atoms with Crippen LogP contribution in [0.4, 0.5) is 0 Å². The van der Waals surface area contributed by atoms with E-state index in [1.807, 2.05) is 0 Å². The van der Waals surface area contributed by atoms with Gasteiger partial charge in [-0.05, 0) is 25.3 Å². The molecule has 136 valence electrons. The Morgan fingerprint density at radius 1 is 1.46 bits per heavy atom. The van der Waals surface area contributed by atoms with E-state index < -0.39 is 0 Å². The first-order valence-corrected chi connectivity index (χ1v) is 9.51. The smallest absolute Gasteiger partial charge is 0.191 e. The number of morpholine rings is 1. The Kier molecular flexibility index (Phi) is 8.52. The molecule has 2 unspecified atom stereocenters. The molecule has 0 saturated carbocycles. The third-order valence-electron chi connectivity index (χ3n) is 3.92. The van der Waals surface area contributed by atoms with Gasteiger partial charge in [-0.15, -0.1) is 11.3 Å². The molecule has 1 aliphatic rings. The monoisotopic (exact) mass is 354 g/mol. The average Bonchev–Trinajstić information content (AvgIpc) is 3.10. The number of aliphatic imine (C=N–C) groups is 1. The van der Waals surface area contributed by atoms with Gasteiger partial charge in [0.05, 0.1) is 32.4 Å². The molecule has 0 spiro atoms. The molecule has 0 amide bonds. The minimum atomic E-state index is 0.219. The zero-order valence-electron chi connectivity index (χ0n) is 15.0. The standard InChI is InChI=1S/C17H30N4O2S/c1-4-18-17(20-14(2)13-22-3)19-12-15(16-6-5-11-24-16)21-7-9-23-10-8-21/h5-6,11,14-15H,4,7-10,12-13H2,1-3H3,(H2,18,19,20). The van der Waals surface area contributed by atoms with Crippen molar-refractivity contribution in [3.63, 3.8) is 0 Å². The van der Waals surface area contributed by atoms with Crippen LogP contribution in [0.25, 0.3) is 0 Å². The number of nitrogens with one attached hydrogen (secondary N) is 2. The van der Waals surface area contributed by atoms with E-state index in [4.69, 9.17) is 14.5 Å². The number of nitrogens with zero attached hydrogens (tertiary/aromatic N) is 2. The van der Waals surface area contributed by atoms with Crippen LogP contribution in [0, 0.1) is 0 Å². The molecule has 6 nitrogen and oxygen atoms in total. The molecule has 1 aliphatic heterocycles. The van der Waals surface area contributed by atoms with Crippen molar-refractivity contribution in [2.24, 2.45) is 4.99 Å². The molecular formula is C17H30N4O2S. The summed E-state index contributed by atoms with van der Waals surface area (Å²) in [6.45, 7) is 9.92. The molecule has 24 heavy (non-hydrogen) atoms. The summed E-state index contributed by atoms with van der Waals surface area (Å²) < 4.78 is 10.7. The maximum Gasteiger partial charge on any atom is 0.191 e. The van der Waals surface area contributed by atoms with Gasteiger partial charge in [0.15, 0.2) is 5.96 Å². The second-order valence-corrected chi connectivity index (χ2v) is 6.88. The molecule has 0 bridgehead atoms. The van der Waals surface area contributed by atoms with Crippen molar-refractivity contribution in [3.05, 3.63) is 22.4 Å². The van der Waals surface area contributed by atoms with Crippen LogP contribution in [0.5, 0.6) is 0 Å². The fraction of sp³-hybridized carbons (Fsp3) is 0.706. The predicted octanol–water partition coefficient (Wildman–Crippen LogP) is 1.71. The van der Waals surface area contributed by atoms with Crippen molar-refractivity contribution < 1.29 is 9.47 Å². The normalized spacial score (nSPS) is 19.0. The van der Waals surface area contributed by atoms with E-state index in [1.54, 1.807) is 18.4 Å². The van der Waals surface area contributed by atoms with E-state index in [1.165, 1.54) is 4.88 Å². The van der Waals surface area contributed by atoms with E-state index in [2.05, 4.69) is 46.9 Å². The first-order valence-electron chi connectivity index (χ1n) is 8.63. The van der Waals surface area contributed by atoms with Crippen LogP contribution in [-0.4, -0.2) is 70.0 Å². The van der Waals surface area contributed by atoms with Crippen LogP contribution >= 0.6 is 11.3 Å². The lowest BCUT2D eigenvalue weighted by Gasteiger charge is -2.33. The molecule has 1 saturated heterocycles. The van der Waals surface area contributed by atoms with Crippen LogP contribution in [0.3, 0.4) is 0 Å². The second-order valence-electron chi connectivity index (χ2n) is 5.90. The quantitative estimate of drug-likeness (QED) is 0.550. The van der Waals surface area contributed by atoms with Crippen LogP contribution < -0.4 is 10.6 Å². The molecule has 0 radical (unpaired) electrons. The van der Waals surface area contributed by atoms with Gasteiger partial charge < -0.3 is 20.1 Å². The van der Waals surface area contributed by atoms with Gasteiger partial charge in [0.25, 0.3) is 0 Å². The van der Waals surface area contributed by atoms with Gasteiger partial charge >= 0.3 is 0 Å². The highest BCUT2D eigenvalue weighted by atomic mass is 32.1. The van der Waals surface area contributed by atoms with Gasteiger partial charge in [-0.1, -0.05) is 6.07 Å². The topological polar surface area (TPSA) is 58.1 Å². The third-order valence-corrected chi connectivity index (χ3v) is 4.90. The molecule has 2 atom stereocenters. The fourth-order valence-electron chi connectivity index (χ4n) is 2.78. The average molecular weight is 355 g/mol.